The van der Waals surface area contributed by atoms with E-state index in [1.165, 1.54) is 6.08 Å². The summed E-state index contributed by atoms with van der Waals surface area (Å²) in [6.45, 7) is 0. The van der Waals surface area contributed by atoms with Crippen molar-refractivity contribution in [3.8, 4) is 6.01 Å². The molecule has 0 radical (unpaired) electrons. The SMILES string of the molecule is O=C(/C=C/c1ccco1)NC1CCC(Oc2ncc(F)cn2)CC1. The lowest BCUT2D eigenvalue weighted by Gasteiger charge is -2.28. The molecule has 0 spiro atoms. The average molecular weight is 331 g/mol. The van der Waals surface area contributed by atoms with Crippen LogP contribution in [0.5, 0.6) is 6.01 Å². The Balaban J connectivity index is 1.41. The number of amides is 1. The van der Waals surface area contributed by atoms with Gasteiger partial charge in [-0.15, -0.1) is 0 Å². The molecule has 1 aliphatic rings. The summed E-state index contributed by atoms with van der Waals surface area (Å²) in [6, 6.07) is 3.85. The Bertz CT molecular complexity index is 678. The molecule has 2 aromatic heterocycles. The van der Waals surface area contributed by atoms with Crippen molar-refractivity contribution in [1.29, 1.82) is 0 Å². The molecule has 0 unspecified atom stereocenters. The number of rotatable bonds is 5. The standard InChI is InChI=1S/C17H18FN3O3/c18-12-10-19-17(20-11-12)24-15-5-3-13(4-6-15)21-16(22)8-7-14-2-1-9-23-14/h1-2,7-11,13,15H,3-6H2,(H,21,22)/b8-7+. The maximum atomic E-state index is 12.8. The fourth-order valence-corrected chi connectivity index (χ4v) is 2.63. The maximum Gasteiger partial charge on any atom is 0.316 e. The summed E-state index contributed by atoms with van der Waals surface area (Å²) in [7, 11) is 0. The van der Waals surface area contributed by atoms with Crippen LogP contribution in [-0.2, 0) is 4.79 Å². The quantitative estimate of drug-likeness (QED) is 0.853. The van der Waals surface area contributed by atoms with Crippen molar-refractivity contribution in [2.24, 2.45) is 0 Å². The van der Waals surface area contributed by atoms with Gasteiger partial charge < -0.3 is 14.5 Å². The second-order valence-corrected chi connectivity index (χ2v) is 5.63. The molecule has 0 saturated heterocycles. The van der Waals surface area contributed by atoms with Gasteiger partial charge >= 0.3 is 6.01 Å². The van der Waals surface area contributed by atoms with Crippen LogP contribution in [0.15, 0.2) is 41.3 Å². The van der Waals surface area contributed by atoms with E-state index in [0.29, 0.717) is 5.76 Å². The van der Waals surface area contributed by atoms with E-state index in [-0.39, 0.29) is 24.1 Å². The van der Waals surface area contributed by atoms with Crippen molar-refractivity contribution >= 4 is 12.0 Å². The summed E-state index contributed by atoms with van der Waals surface area (Å²) in [5.74, 6) is 0.00978. The second kappa shape index (κ2) is 7.72. The van der Waals surface area contributed by atoms with E-state index in [9.17, 15) is 9.18 Å². The first-order valence-electron chi connectivity index (χ1n) is 7.85. The van der Waals surface area contributed by atoms with Crippen LogP contribution in [0.2, 0.25) is 0 Å². The van der Waals surface area contributed by atoms with Gasteiger partial charge in [0.15, 0.2) is 5.82 Å². The molecule has 126 valence electrons. The Morgan fingerprint density at radius 3 is 2.71 bits per heavy atom. The summed E-state index contributed by atoms with van der Waals surface area (Å²) < 4.78 is 23.5. The van der Waals surface area contributed by atoms with Gasteiger partial charge in [0.2, 0.25) is 5.91 Å². The van der Waals surface area contributed by atoms with E-state index in [4.69, 9.17) is 9.15 Å². The highest BCUT2D eigenvalue weighted by molar-refractivity contribution is 5.91. The molecule has 0 bridgehead atoms. The van der Waals surface area contributed by atoms with E-state index in [2.05, 4.69) is 15.3 Å². The highest BCUT2D eigenvalue weighted by Crippen LogP contribution is 2.22. The number of hydrogen-bond acceptors (Lipinski definition) is 5. The Kier molecular flexibility index (Phi) is 5.20. The number of hydrogen-bond donors (Lipinski definition) is 1. The molecule has 6 nitrogen and oxygen atoms in total. The van der Waals surface area contributed by atoms with E-state index >= 15 is 0 Å². The highest BCUT2D eigenvalue weighted by Gasteiger charge is 2.23. The Labute approximate surface area is 138 Å². The molecule has 0 aliphatic heterocycles. The predicted molar refractivity (Wildman–Crippen MR) is 84.5 cm³/mol. The third-order valence-corrected chi connectivity index (χ3v) is 3.83. The van der Waals surface area contributed by atoms with Crippen molar-refractivity contribution < 1.29 is 18.3 Å². The van der Waals surface area contributed by atoms with E-state index in [0.717, 1.165) is 38.1 Å². The van der Waals surface area contributed by atoms with Gasteiger partial charge in [-0.05, 0) is 43.9 Å². The van der Waals surface area contributed by atoms with E-state index in [1.54, 1.807) is 24.5 Å². The highest BCUT2D eigenvalue weighted by atomic mass is 19.1. The van der Waals surface area contributed by atoms with Crippen molar-refractivity contribution in [3.05, 3.63) is 48.4 Å². The van der Waals surface area contributed by atoms with Crippen molar-refractivity contribution in [2.75, 3.05) is 0 Å². The normalized spacial score (nSPS) is 20.9. The zero-order valence-electron chi connectivity index (χ0n) is 13.0. The fourth-order valence-electron chi connectivity index (χ4n) is 2.63. The number of furan rings is 1. The van der Waals surface area contributed by atoms with Crippen LogP contribution in [0.1, 0.15) is 31.4 Å². The van der Waals surface area contributed by atoms with E-state index < -0.39 is 5.82 Å². The summed E-state index contributed by atoms with van der Waals surface area (Å²) in [6.07, 6.45) is 10.0. The van der Waals surface area contributed by atoms with Crippen LogP contribution in [-0.4, -0.2) is 28.0 Å². The van der Waals surface area contributed by atoms with Crippen LogP contribution < -0.4 is 10.1 Å². The van der Waals surface area contributed by atoms with Gasteiger partial charge in [0, 0.05) is 12.1 Å². The molecule has 1 N–H and O–H groups in total. The van der Waals surface area contributed by atoms with Gasteiger partial charge in [-0.2, -0.15) is 0 Å². The molecule has 2 aromatic rings. The molecule has 1 saturated carbocycles. The predicted octanol–water partition coefficient (Wildman–Crippen LogP) is 2.73. The number of aromatic nitrogens is 2. The molecule has 1 amide bonds. The molecule has 3 rings (SSSR count). The van der Waals surface area contributed by atoms with Crippen LogP contribution in [0, 0.1) is 5.82 Å². The fraction of sp³-hybridized carbons (Fsp3) is 0.353. The van der Waals surface area contributed by atoms with Crippen LogP contribution in [0.25, 0.3) is 6.08 Å². The van der Waals surface area contributed by atoms with E-state index in [1.807, 2.05) is 0 Å². The molecule has 2 heterocycles. The van der Waals surface area contributed by atoms with Gasteiger partial charge in [-0.1, -0.05) is 0 Å². The number of halogens is 1. The third-order valence-electron chi connectivity index (χ3n) is 3.83. The summed E-state index contributed by atoms with van der Waals surface area (Å²) in [5, 5.41) is 2.97. The maximum absolute atomic E-state index is 12.8. The average Bonchev–Trinajstić information content (AvgIpc) is 3.10. The van der Waals surface area contributed by atoms with Crippen LogP contribution in [0.4, 0.5) is 4.39 Å². The monoisotopic (exact) mass is 331 g/mol. The zero-order chi connectivity index (χ0) is 16.8. The van der Waals surface area contributed by atoms with Crippen molar-refractivity contribution in [3.63, 3.8) is 0 Å². The van der Waals surface area contributed by atoms with Gasteiger partial charge in [0.25, 0.3) is 0 Å². The first kappa shape index (κ1) is 16.2. The van der Waals surface area contributed by atoms with Gasteiger partial charge in [0.1, 0.15) is 11.9 Å². The molecule has 7 heteroatoms. The smallest absolute Gasteiger partial charge is 0.316 e. The first-order chi connectivity index (χ1) is 11.7. The number of carbonyl (C=O) groups is 1. The summed E-state index contributed by atoms with van der Waals surface area (Å²) in [4.78, 5) is 19.5. The topological polar surface area (TPSA) is 77.2 Å². The zero-order valence-corrected chi connectivity index (χ0v) is 13.0. The minimum Gasteiger partial charge on any atom is -0.465 e. The molecular formula is C17H18FN3O3. The number of ether oxygens (including phenoxy) is 1. The number of nitrogens with one attached hydrogen (secondary N) is 1. The first-order valence-corrected chi connectivity index (χ1v) is 7.85. The van der Waals surface area contributed by atoms with Crippen LogP contribution in [0.3, 0.4) is 0 Å². The van der Waals surface area contributed by atoms with Crippen molar-refractivity contribution in [1.82, 2.24) is 15.3 Å². The third kappa shape index (κ3) is 4.65. The lowest BCUT2D eigenvalue weighted by atomic mass is 9.93. The van der Waals surface area contributed by atoms with Gasteiger partial charge in [-0.25, -0.2) is 14.4 Å². The minimum absolute atomic E-state index is 0.0118. The minimum atomic E-state index is -0.489. The Morgan fingerprint density at radius 2 is 2.04 bits per heavy atom. The largest absolute Gasteiger partial charge is 0.465 e. The molecule has 0 atom stereocenters. The van der Waals surface area contributed by atoms with Gasteiger partial charge in [-0.3, -0.25) is 4.79 Å². The lowest BCUT2D eigenvalue weighted by Crippen LogP contribution is -2.39. The lowest BCUT2D eigenvalue weighted by molar-refractivity contribution is -0.117. The Morgan fingerprint density at radius 1 is 1.29 bits per heavy atom. The number of carbonyl (C=O) groups excluding carboxylic acids is 1. The number of nitrogens with zero attached hydrogens (tertiary/aromatic N) is 2. The summed E-state index contributed by atoms with van der Waals surface area (Å²) >= 11 is 0. The van der Waals surface area contributed by atoms with Crippen molar-refractivity contribution in [2.45, 2.75) is 37.8 Å². The molecule has 0 aromatic carbocycles. The molecule has 1 fully saturated rings. The molecule has 1 aliphatic carbocycles. The van der Waals surface area contributed by atoms with Gasteiger partial charge in [0.05, 0.1) is 18.7 Å². The molecular weight excluding hydrogens is 313 g/mol. The van der Waals surface area contributed by atoms with Crippen LogP contribution >= 0.6 is 0 Å². The Hall–Kier alpha value is -2.70. The molecule has 24 heavy (non-hydrogen) atoms. The summed E-state index contributed by atoms with van der Waals surface area (Å²) in [5.41, 5.74) is 0. The second-order valence-electron chi connectivity index (χ2n) is 5.63.